The van der Waals surface area contributed by atoms with E-state index < -0.39 is 6.04 Å². The number of nitrogens with zero attached hydrogens (tertiary/aromatic N) is 1. The van der Waals surface area contributed by atoms with Gasteiger partial charge in [-0.3, -0.25) is 4.79 Å². The predicted molar refractivity (Wildman–Crippen MR) is 59.5 cm³/mol. The third-order valence-corrected chi connectivity index (χ3v) is 3.08. The fraction of sp³-hybridized carbons (Fsp3) is 0.500. The van der Waals surface area contributed by atoms with Crippen molar-refractivity contribution in [3.63, 3.8) is 0 Å². The first-order chi connectivity index (χ1) is 8.15. The lowest BCUT2D eigenvalue weighted by molar-refractivity contribution is -0.145. The van der Waals surface area contributed by atoms with Crippen LogP contribution in [0.15, 0.2) is 16.7 Å². The molecule has 2 rings (SSSR count). The fourth-order valence-electron chi connectivity index (χ4n) is 2.15. The normalized spacial score (nSPS) is 19.4. The van der Waals surface area contributed by atoms with E-state index in [0.717, 1.165) is 6.42 Å². The maximum absolute atomic E-state index is 12.2. The van der Waals surface area contributed by atoms with Gasteiger partial charge >= 0.3 is 5.97 Å². The standard InChI is InChI=1S/C12H15NO4/c1-8-9(5-7-17-8)11(14)13-6-3-4-10(13)12(15)16-2/h5,7,10H,3-4,6H2,1-2H3. The maximum Gasteiger partial charge on any atom is 0.328 e. The lowest BCUT2D eigenvalue weighted by Crippen LogP contribution is -2.41. The van der Waals surface area contributed by atoms with Gasteiger partial charge in [-0.2, -0.15) is 0 Å². The molecule has 0 N–H and O–H groups in total. The topological polar surface area (TPSA) is 59.8 Å². The molecule has 0 radical (unpaired) electrons. The zero-order valence-electron chi connectivity index (χ0n) is 9.93. The fourth-order valence-corrected chi connectivity index (χ4v) is 2.15. The molecule has 5 heteroatoms. The summed E-state index contributed by atoms with van der Waals surface area (Å²) in [5, 5.41) is 0. The molecule has 1 aliphatic heterocycles. The highest BCUT2D eigenvalue weighted by Gasteiger charge is 2.36. The molecule has 1 aromatic heterocycles. The Hall–Kier alpha value is -1.78. The number of furan rings is 1. The number of esters is 1. The van der Waals surface area contributed by atoms with E-state index in [9.17, 15) is 9.59 Å². The van der Waals surface area contributed by atoms with E-state index in [-0.39, 0.29) is 11.9 Å². The summed E-state index contributed by atoms with van der Waals surface area (Å²) in [6.07, 6.45) is 2.96. The van der Waals surface area contributed by atoms with Crippen LogP contribution in [0, 0.1) is 6.92 Å². The van der Waals surface area contributed by atoms with Crippen molar-refractivity contribution in [1.82, 2.24) is 4.90 Å². The molecule has 1 unspecified atom stereocenters. The number of methoxy groups -OCH3 is 1. The average molecular weight is 237 g/mol. The Balaban J connectivity index is 2.19. The van der Waals surface area contributed by atoms with Crippen LogP contribution in [0.4, 0.5) is 0 Å². The van der Waals surface area contributed by atoms with Gasteiger partial charge in [-0.1, -0.05) is 0 Å². The van der Waals surface area contributed by atoms with E-state index >= 15 is 0 Å². The zero-order valence-corrected chi connectivity index (χ0v) is 9.93. The Kier molecular flexibility index (Phi) is 3.17. The number of carbonyl (C=O) groups excluding carboxylic acids is 2. The Bertz CT molecular complexity index is 437. The van der Waals surface area contributed by atoms with Gasteiger partial charge in [0.25, 0.3) is 5.91 Å². The van der Waals surface area contributed by atoms with Gasteiger partial charge < -0.3 is 14.1 Å². The minimum atomic E-state index is -0.457. The van der Waals surface area contributed by atoms with Crippen LogP contribution >= 0.6 is 0 Å². The molecule has 1 fully saturated rings. The number of aryl methyl sites for hydroxylation is 1. The van der Waals surface area contributed by atoms with Crippen LogP contribution in [0.2, 0.25) is 0 Å². The van der Waals surface area contributed by atoms with Crippen molar-refractivity contribution in [2.45, 2.75) is 25.8 Å². The number of hydrogen-bond acceptors (Lipinski definition) is 4. The van der Waals surface area contributed by atoms with E-state index in [4.69, 9.17) is 9.15 Å². The molecule has 0 bridgehead atoms. The molecule has 1 amide bonds. The van der Waals surface area contributed by atoms with E-state index in [1.807, 2.05) is 0 Å². The minimum Gasteiger partial charge on any atom is -0.469 e. The molecule has 5 nitrogen and oxygen atoms in total. The molecule has 0 aromatic carbocycles. The molecule has 17 heavy (non-hydrogen) atoms. The number of amides is 1. The van der Waals surface area contributed by atoms with Gasteiger partial charge in [-0.15, -0.1) is 0 Å². The molecular formula is C12H15NO4. The third kappa shape index (κ3) is 2.05. The summed E-state index contributed by atoms with van der Waals surface area (Å²) in [7, 11) is 1.34. The van der Waals surface area contributed by atoms with Gasteiger partial charge in [-0.05, 0) is 25.8 Å². The molecule has 1 aromatic rings. The van der Waals surface area contributed by atoms with E-state index in [0.29, 0.717) is 24.3 Å². The summed E-state index contributed by atoms with van der Waals surface area (Å²) in [4.78, 5) is 25.3. The Morgan fingerprint density at radius 2 is 2.29 bits per heavy atom. The van der Waals surface area contributed by atoms with Crippen LogP contribution in [0.3, 0.4) is 0 Å². The molecule has 1 saturated heterocycles. The second-order valence-corrected chi connectivity index (χ2v) is 4.07. The van der Waals surface area contributed by atoms with Crippen LogP contribution in [0.25, 0.3) is 0 Å². The van der Waals surface area contributed by atoms with Crippen molar-refractivity contribution in [2.75, 3.05) is 13.7 Å². The molecule has 2 heterocycles. The first kappa shape index (κ1) is 11.7. The average Bonchev–Trinajstić information content (AvgIpc) is 2.95. The summed E-state index contributed by atoms with van der Waals surface area (Å²) in [5.74, 6) is 0.0617. The summed E-state index contributed by atoms with van der Waals surface area (Å²) >= 11 is 0. The van der Waals surface area contributed by atoms with Crippen molar-refractivity contribution in [3.8, 4) is 0 Å². The molecule has 1 atom stereocenters. The zero-order chi connectivity index (χ0) is 12.4. The predicted octanol–water partition coefficient (Wildman–Crippen LogP) is 1.37. The molecule has 0 spiro atoms. The smallest absolute Gasteiger partial charge is 0.328 e. The lowest BCUT2D eigenvalue weighted by atomic mass is 10.2. The highest BCUT2D eigenvalue weighted by molar-refractivity contribution is 5.97. The van der Waals surface area contributed by atoms with Crippen LogP contribution in [-0.2, 0) is 9.53 Å². The van der Waals surface area contributed by atoms with Gasteiger partial charge in [0, 0.05) is 6.54 Å². The molecule has 0 aliphatic carbocycles. The third-order valence-electron chi connectivity index (χ3n) is 3.08. The van der Waals surface area contributed by atoms with Crippen molar-refractivity contribution >= 4 is 11.9 Å². The second-order valence-electron chi connectivity index (χ2n) is 4.07. The summed E-state index contributed by atoms with van der Waals surface area (Å²) in [6, 6.07) is 1.17. The Morgan fingerprint density at radius 3 is 2.88 bits per heavy atom. The Morgan fingerprint density at radius 1 is 1.53 bits per heavy atom. The SMILES string of the molecule is COC(=O)C1CCCN1C(=O)c1ccoc1C. The van der Waals surface area contributed by atoms with E-state index in [1.54, 1.807) is 17.9 Å². The number of rotatable bonds is 2. The van der Waals surface area contributed by atoms with E-state index in [2.05, 4.69) is 0 Å². The lowest BCUT2D eigenvalue weighted by Gasteiger charge is -2.22. The van der Waals surface area contributed by atoms with Gasteiger partial charge in [0.2, 0.25) is 0 Å². The molecule has 92 valence electrons. The molecule has 1 aliphatic rings. The highest BCUT2D eigenvalue weighted by atomic mass is 16.5. The first-order valence-corrected chi connectivity index (χ1v) is 5.58. The van der Waals surface area contributed by atoms with Crippen LogP contribution in [0.1, 0.15) is 29.0 Å². The monoisotopic (exact) mass is 237 g/mol. The van der Waals surface area contributed by atoms with Crippen LogP contribution in [-0.4, -0.2) is 36.5 Å². The maximum atomic E-state index is 12.2. The van der Waals surface area contributed by atoms with Gasteiger partial charge in [-0.25, -0.2) is 4.79 Å². The quantitative estimate of drug-likeness (QED) is 0.729. The molecular weight excluding hydrogens is 222 g/mol. The van der Waals surface area contributed by atoms with E-state index in [1.165, 1.54) is 13.4 Å². The van der Waals surface area contributed by atoms with Crippen molar-refractivity contribution < 1.29 is 18.7 Å². The number of carbonyl (C=O) groups is 2. The van der Waals surface area contributed by atoms with Crippen molar-refractivity contribution in [3.05, 3.63) is 23.7 Å². The summed E-state index contributed by atoms with van der Waals surface area (Å²) < 4.78 is 9.81. The van der Waals surface area contributed by atoms with Crippen molar-refractivity contribution in [1.29, 1.82) is 0 Å². The van der Waals surface area contributed by atoms with Gasteiger partial charge in [0.1, 0.15) is 11.8 Å². The van der Waals surface area contributed by atoms with Crippen LogP contribution < -0.4 is 0 Å². The van der Waals surface area contributed by atoms with Gasteiger partial charge in [0.15, 0.2) is 0 Å². The number of likely N-dealkylation sites (tertiary alicyclic amines) is 1. The first-order valence-electron chi connectivity index (χ1n) is 5.58. The number of hydrogen-bond donors (Lipinski definition) is 0. The summed E-state index contributed by atoms with van der Waals surface area (Å²) in [5.41, 5.74) is 0.515. The number of ether oxygens (including phenoxy) is 1. The molecule has 0 saturated carbocycles. The van der Waals surface area contributed by atoms with Crippen molar-refractivity contribution in [2.24, 2.45) is 0 Å². The van der Waals surface area contributed by atoms with Crippen LogP contribution in [0.5, 0.6) is 0 Å². The van der Waals surface area contributed by atoms with Gasteiger partial charge in [0.05, 0.1) is 18.9 Å². The largest absolute Gasteiger partial charge is 0.469 e. The Labute approximate surface area is 99.3 Å². The summed E-state index contributed by atoms with van der Waals surface area (Å²) in [6.45, 7) is 2.32. The minimum absolute atomic E-state index is 0.163. The highest BCUT2D eigenvalue weighted by Crippen LogP contribution is 2.22. The second kappa shape index (κ2) is 4.61.